The average Bonchev–Trinajstić information content (AvgIpc) is 2.98. The summed E-state index contributed by atoms with van der Waals surface area (Å²) in [6, 6.07) is 6.82. The monoisotopic (exact) mass is 356 g/mol. The first-order valence-corrected chi connectivity index (χ1v) is 10.7. The van der Waals surface area contributed by atoms with Crippen molar-refractivity contribution in [1.82, 2.24) is 0 Å². The number of hydrogen-bond acceptors (Lipinski definition) is 2. The molecule has 144 valence electrons. The van der Waals surface area contributed by atoms with Gasteiger partial charge in [-0.1, -0.05) is 13.0 Å². The second-order valence-corrected chi connectivity index (χ2v) is 9.90. The van der Waals surface area contributed by atoms with Crippen LogP contribution in [0.1, 0.15) is 83.3 Å². The molecule has 0 N–H and O–H groups in total. The third-order valence-corrected chi connectivity index (χ3v) is 7.72. The molecule has 0 unspecified atom stereocenters. The van der Waals surface area contributed by atoms with E-state index in [9.17, 15) is 0 Å². The van der Waals surface area contributed by atoms with E-state index in [1.54, 1.807) is 12.7 Å². The van der Waals surface area contributed by atoms with Gasteiger partial charge in [0, 0.05) is 0 Å². The summed E-state index contributed by atoms with van der Waals surface area (Å²) in [5.41, 5.74) is 3.54. The Balaban J connectivity index is 1.62. The van der Waals surface area contributed by atoms with Gasteiger partial charge in [0.05, 0.1) is 18.8 Å². The smallest absolute Gasteiger partial charge is 0.119 e. The summed E-state index contributed by atoms with van der Waals surface area (Å²) < 4.78 is 12.1. The Morgan fingerprint density at radius 3 is 2.62 bits per heavy atom. The zero-order chi connectivity index (χ0) is 18.5. The van der Waals surface area contributed by atoms with Crippen LogP contribution >= 0.6 is 0 Å². The molecule has 1 aromatic carbocycles. The maximum Gasteiger partial charge on any atom is 0.119 e. The van der Waals surface area contributed by atoms with E-state index in [2.05, 4.69) is 45.9 Å². The highest BCUT2D eigenvalue weighted by molar-refractivity contribution is 5.40. The predicted molar refractivity (Wildman–Crippen MR) is 107 cm³/mol. The van der Waals surface area contributed by atoms with Crippen LogP contribution in [0, 0.1) is 17.3 Å². The minimum Gasteiger partial charge on any atom is -0.497 e. The van der Waals surface area contributed by atoms with Gasteiger partial charge in [0.1, 0.15) is 5.75 Å². The van der Waals surface area contributed by atoms with E-state index in [0.717, 1.165) is 23.5 Å². The number of hydrogen-bond donors (Lipinski definition) is 0. The van der Waals surface area contributed by atoms with Crippen molar-refractivity contribution in [2.24, 2.45) is 17.3 Å². The molecule has 2 fully saturated rings. The van der Waals surface area contributed by atoms with Gasteiger partial charge in [-0.15, -0.1) is 0 Å². The maximum atomic E-state index is 6.63. The number of aryl methyl sites for hydroxylation is 1. The lowest BCUT2D eigenvalue weighted by Crippen LogP contribution is -2.47. The van der Waals surface area contributed by atoms with Gasteiger partial charge >= 0.3 is 0 Å². The van der Waals surface area contributed by atoms with Crippen molar-refractivity contribution in [1.29, 1.82) is 0 Å². The average molecular weight is 357 g/mol. The van der Waals surface area contributed by atoms with Gasteiger partial charge in [-0.05, 0) is 112 Å². The fraction of sp³-hybridized carbons (Fsp3) is 0.750. The molecule has 26 heavy (non-hydrogen) atoms. The molecule has 0 aliphatic heterocycles. The molecule has 0 heterocycles. The van der Waals surface area contributed by atoms with Gasteiger partial charge in [-0.3, -0.25) is 0 Å². The molecule has 3 aliphatic rings. The summed E-state index contributed by atoms with van der Waals surface area (Å²) in [5.74, 6) is 3.45. The Labute approximate surface area is 159 Å². The highest BCUT2D eigenvalue weighted by Gasteiger charge is 2.57. The summed E-state index contributed by atoms with van der Waals surface area (Å²) in [6.45, 7) is 9.08. The first-order chi connectivity index (χ1) is 12.4. The topological polar surface area (TPSA) is 18.5 Å². The lowest BCUT2D eigenvalue weighted by molar-refractivity contribution is -0.133. The van der Waals surface area contributed by atoms with Crippen molar-refractivity contribution >= 4 is 0 Å². The molecule has 0 saturated heterocycles. The van der Waals surface area contributed by atoms with Crippen molar-refractivity contribution < 1.29 is 9.47 Å². The molecule has 1 aromatic rings. The molecule has 3 aliphatic carbocycles. The summed E-state index contributed by atoms with van der Waals surface area (Å²) in [5, 5.41) is 0. The van der Waals surface area contributed by atoms with Gasteiger partial charge in [0.25, 0.3) is 0 Å². The fourth-order valence-corrected chi connectivity index (χ4v) is 6.72. The number of fused-ring (bicyclic) bond motifs is 5. The van der Waals surface area contributed by atoms with Gasteiger partial charge < -0.3 is 9.47 Å². The van der Waals surface area contributed by atoms with Crippen LogP contribution in [0.5, 0.6) is 5.75 Å². The van der Waals surface area contributed by atoms with E-state index in [1.165, 1.54) is 50.5 Å². The van der Waals surface area contributed by atoms with Crippen molar-refractivity contribution in [3.63, 3.8) is 0 Å². The molecule has 5 atom stereocenters. The Morgan fingerprint density at radius 1 is 1.12 bits per heavy atom. The van der Waals surface area contributed by atoms with Crippen LogP contribution in [0.2, 0.25) is 0 Å². The van der Waals surface area contributed by atoms with Crippen molar-refractivity contribution in [3.05, 3.63) is 29.3 Å². The molecule has 0 aromatic heterocycles. The number of benzene rings is 1. The largest absolute Gasteiger partial charge is 0.497 e. The zero-order valence-corrected chi connectivity index (χ0v) is 17.3. The molecule has 0 radical (unpaired) electrons. The molecule has 2 nitrogen and oxygen atoms in total. The first kappa shape index (κ1) is 18.3. The van der Waals surface area contributed by atoms with Crippen LogP contribution in [-0.4, -0.2) is 18.8 Å². The van der Waals surface area contributed by atoms with E-state index in [0.29, 0.717) is 11.5 Å². The predicted octanol–water partition coefficient (Wildman–Crippen LogP) is 6.13. The molecule has 4 rings (SSSR count). The SMILES string of the molecule is CC[C@]12CC[C@@H]3c4ccc(OC)cc4CC[C@H]3[C@@H]1CC[C@@H]2OC(C)(C)C. The molecule has 0 bridgehead atoms. The summed E-state index contributed by atoms with van der Waals surface area (Å²) in [6.07, 6.45) is 9.58. The molecule has 0 spiro atoms. The molecule has 0 amide bonds. The molecular formula is C24H36O2. The standard InChI is InChI=1S/C24H36O2/c1-6-24-14-13-19-18-10-8-17(25-5)15-16(18)7-9-20(19)21(24)11-12-22(24)26-23(2,3)4/h8,10,15,19-22H,6-7,9,11-14H2,1-5H3/t19-,20-,21+,22+,24+/m1/s1. The van der Waals surface area contributed by atoms with Crippen LogP contribution in [0.25, 0.3) is 0 Å². The fourth-order valence-electron chi connectivity index (χ4n) is 6.72. The number of methoxy groups -OCH3 is 1. The van der Waals surface area contributed by atoms with Gasteiger partial charge in [-0.2, -0.15) is 0 Å². The lowest BCUT2D eigenvalue weighted by atomic mass is 9.54. The van der Waals surface area contributed by atoms with Crippen molar-refractivity contribution in [2.45, 2.75) is 90.3 Å². The van der Waals surface area contributed by atoms with E-state index >= 15 is 0 Å². The maximum absolute atomic E-state index is 6.63. The molecule has 2 heteroatoms. The second-order valence-electron chi connectivity index (χ2n) is 9.90. The molecular weight excluding hydrogens is 320 g/mol. The van der Waals surface area contributed by atoms with Crippen LogP contribution in [0.4, 0.5) is 0 Å². The minimum atomic E-state index is -0.0334. The van der Waals surface area contributed by atoms with E-state index in [-0.39, 0.29) is 5.60 Å². The van der Waals surface area contributed by atoms with Crippen molar-refractivity contribution in [2.75, 3.05) is 7.11 Å². The third kappa shape index (κ3) is 2.89. The first-order valence-electron chi connectivity index (χ1n) is 10.7. The quantitative estimate of drug-likeness (QED) is 0.649. The Hall–Kier alpha value is -1.02. The molecule has 2 saturated carbocycles. The highest BCUT2D eigenvalue weighted by Crippen LogP contribution is 2.63. The highest BCUT2D eigenvalue weighted by atomic mass is 16.5. The summed E-state index contributed by atoms with van der Waals surface area (Å²) in [7, 11) is 1.78. The Bertz CT molecular complexity index is 659. The van der Waals surface area contributed by atoms with Crippen LogP contribution < -0.4 is 4.74 Å². The van der Waals surface area contributed by atoms with Gasteiger partial charge in [0.2, 0.25) is 0 Å². The Morgan fingerprint density at radius 2 is 1.92 bits per heavy atom. The normalized spacial score (nSPS) is 36.2. The minimum absolute atomic E-state index is 0.0334. The van der Waals surface area contributed by atoms with Gasteiger partial charge in [-0.25, -0.2) is 0 Å². The van der Waals surface area contributed by atoms with Gasteiger partial charge in [0.15, 0.2) is 0 Å². The van der Waals surface area contributed by atoms with E-state index < -0.39 is 0 Å². The second kappa shape index (κ2) is 6.55. The van der Waals surface area contributed by atoms with E-state index in [4.69, 9.17) is 9.47 Å². The third-order valence-electron chi connectivity index (χ3n) is 7.72. The lowest BCUT2D eigenvalue weighted by Gasteiger charge is -2.52. The van der Waals surface area contributed by atoms with Crippen molar-refractivity contribution in [3.8, 4) is 5.75 Å². The summed E-state index contributed by atoms with van der Waals surface area (Å²) >= 11 is 0. The van der Waals surface area contributed by atoms with Crippen LogP contribution in [-0.2, 0) is 11.2 Å². The number of rotatable bonds is 3. The van der Waals surface area contributed by atoms with Crippen LogP contribution in [0.3, 0.4) is 0 Å². The zero-order valence-electron chi connectivity index (χ0n) is 17.3. The van der Waals surface area contributed by atoms with E-state index in [1.807, 2.05) is 0 Å². The van der Waals surface area contributed by atoms with Crippen LogP contribution in [0.15, 0.2) is 18.2 Å². The Kier molecular flexibility index (Phi) is 4.62. The summed E-state index contributed by atoms with van der Waals surface area (Å²) in [4.78, 5) is 0. The number of ether oxygens (including phenoxy) is 2.